The maximum Gasteiger partial charge on any atom is 0.348 e. The van der Waals surface area contributed by atoms with Crippen molar-refractivity contribution in [1.82, 2.24) is 0 Å². The van der Waals surface area contributed by atoms with Crippen LogP contribution in [0, 0.1) is 0 Å². The summed E-state index contributed by atoms with van der Waals surface area (Å²) in [6.07, 6.45) is -3.10. The molecule has 14 heavy (non-hydrogen) atoms. The number of carbonyl (C=O) groups excluding carboxylic acids is 2. The lowest BCUT2D eigenvalue weighted by Gasteiger charge is -1.99. The molecule has 0 aromatic carbocycles. The molecule has 1 rings (SSSR count). The maximum absolute atomic E-state index is 12.0. The van der Waals surface area contributed by atoms with E-state index in [0.717, 1.165) is 18.4 Å². The van der Waals surface area contributed by atoms with Gasteiger partial charge in [0.1, 0.15) is 4.88 Å². The van der Waals surface area contributed by atoms with Gasteiger partial charge in [0.15, 0.2) is 0 Å². The van der Waals surface area contributed by atoms with Crippen molar-refractivity contribution in [2.45, 2.75) is 6.43 Å². The van der Waals surface area contributed by atoms with Gasteiger partial charge >= 0.3 is 12.4 Å². The average Bonchev–Trinajstić information content (AvgIpc) is 2.63. The number of methoxy groups -OCH3 is 1. The molecule has 1 heterocycles. The molecule has 0 aliphatic rings. The molecule has 1 aromatic heterocycles. The van der Waals surface area contributed by atoms with Gasteiger partial charge < -0.3 is 4.74 Å². The quantitative estimate of drug-likeness (QED) is 0.577. The van der Waals surface area contributed by atoms with Crippen molar-refractivity contribution in [2.24, 2.45) is 0 Å². The molecule has 76 valence electrons. The zero-order valence-electron chi connectivity index (χ0n) is 7.12. The lowest BCUT2D eigenvalue weighted by molar-refractivity contribution is 0.0591. The number of hydrogen-bond donors (Lipinski definition) is 0. The van der Waals surface area contributed by atoms with Crippen molar-refractivity contribution < 1.29 is 23.1 Å². The van der Waals surface area contributed by atoms with Crippen LogP contribution in [0.4, 0.5) is 8.78 Å². The SMILES string of the molecule is COC(=O)c1sccc1C(=O)C(F)F. The molecule has 0 N–H and O–H groups in total. The van der Waals surface area contributed by atoms with Gasteiger partial charge in [0.25, 0.3) is 0 Å². The van der Waals surface area contributed by atoms with Crippen molar-refractivity contribution in [3.8, 4) is 0 Å². The van der Waals surface area contributed by atoms with Gasteiger partial charge in [0.05, 0.1) is 7.11 Å². The molecule has 3 nitrogen and oxygen atoms in total. The van der Waals surface area contributed by atoms with Gasteiger partial charge in [-0.3, -0.25) is 4.79 Å². The summed E-state index contributed by atoms with van der Waals surface area (Å²) in [4.78, 5) is 21.8. The first-order valence-electron chi connectivity index (χ1n) is 3.56. The van der Waals surface area contributed by atoms with E-state index in [9.17, 15) is 18.4 Å². The summed E-state index contributed by atoms with van der Waals surface area (Å²) in [5.74, 6) is -2.13. The number of alkyl halides is 2. The summed E-state index contributed by atoms with van der Waals surface area (Å²) >= 11 is 0.899. The van der Waals surface area contributed by atoms with Crippen molar-refractivity contribution in [3.63, 3.8) is 0 Å². The first-order valence-corrected chi connectivity index (χ1v) is 4.44. The molecule has 0 aliphatic heterocycles. The minimum atomic E-state index is -3.10. The van der Waals surface area contributed by atoms with Gasteiger partial charge in [-0.1, -0.05) is 0 Å². The third kappa shape index (κ3) is 1.95. The van der Waals surface area contributed by atoms with Crippen molar-refractivity contribution in [2.75, 3.05) is 7.11 Å². The summed E-state index contributed by atoms with van der Waals surface area (Å²) < 4.78 is 28.4. The molecular formula is C8H6F2O3S. The molecule has 0 fully saturated rings. The second-order valence-corrected chi connectivity index (χ2v) is 3.24. The Morgan fingerprint density at radius 3 is 2.64 bits per heavy atom. The Morgan fingerprint density at radius 1 is 1.50 bits per heavy atom. The fourth-order valence-electron chi connectivity index (χ4n) is 0.872. The molecule has 0 saturated heterocycles. The highest BCUT2D eigenvalue weighted by atomic mass is 32.1. The number of ether oxygens (including phenoxy) is 1. The van der Waals surface area contributed by atoms with Crippen LogP contribution in [0.3, 0.4) is 0 Å². The molecule has 0 atom stereocenters. The van der Waals surface area contributed by atoms with E-state index < -0.39 is 18.2 Å². The fourth-order valence-corrected chi connectivity index (χ4v) is 1.69. The smallest absolute Gasteiger partial charge is 0.348 e. The summed E-state index contributed by atoms with van der Waals surface area (Å²) in [7, 11) is 1.12. The van der Waals surface area contributed by atoms with Gasteiger partial charge in [-0.05, 0) is 11.4 Å². The molecule has 0 saturated carbocycles. The Bertz CT molecular complexity index is 359. The van der Waals surface area contributed by atoms with Gasteiger partial charge in [-0.15, -0.1) is 11.3 Å². The van der Waals surface area contributed by atoms with E-state index >= 15 is 0 Å². The zero-order valence-corrected chi connectivity index (χ0v) is 7.94. The molecule has 0 aliphatic carbocycles. The second-order valence-electron chi connectivity index (χ2n) is 2.32. The van der Waals surface area contributed by atoms with Crippen LogP contribution in [0.25, 0.3) is 0 Å². The topological polar surface area (TPSA) is 43.4 Å². The van der Waals surface area contributed by atoms with Crippen LogP contribution in [-0.4, -0.2) is 25.3 Å². The van der Waals surface area contributed by atoms with Crippen LogP contribution in [0.15, 0.2) is 11.4 Å². The van der Waals surface area contributed by atoms with Crippen molar-refractivity contribution >= 4 is 23.1 Å². The van der Waals surface area contributed by atoms with E-state index in [-0.39, 0.29) is 10.4 Å². The van der Waals surface area contributed by atoms with E-state index in [1.165, 1.54) is 11.4 Å². The van der Waals surface area contributed by atoms with Crippen LogP contribution < -0.4 is 0 Å². The van der Waals surface area contributed by atoms with E-state index in [2.05, 4.69) is 4.74 Å². The van der Waals surface area contributed by atoms with Crippen LogP contribution in [-0.2, 0) is 4.74 Å². The molecule has 6 heteroatoms. The van der Waals surface area contributed by atoms with Crippen molar-refractivity contribution in [1.29, 1.82) is 0 Å². The average molecular weight is 220 g/mol. The molecule has 0 amide bonds. The fraction of sp³-hybridized carbons (Fsp3) is 0.250. The Labute approximate surface area is 82.3 Å². The Kier molecular flexibility index (Phi) is 3.29. The Morgan fingerprint density at radius 2 is 2.14 bits per heavy atom. The lowest BCUT2D eigenvalue weighted by atomic mass is 10.2. The van der Waals surface area contributed by atoms with Gasteiger partial charge in [0, 0.05) is 5.56 Å². The number of esters is 1. The van der Waals surface area contributed by atoms with Gasteiger partial charge in [-0.2, -0.15) is 0 Å². The third-order valence-electron chi connectivity index (χ3n) is 1.50. The van der Waals surface area contributed by atoms with E-state index in [1.807, 2.05) is 0 Å². The number of ketones is 1. The van der Waals surface area contributed by atoms with E-state index in [1.54, 1.807) is 0 Å². The van der Waals surface area contributed by atoms with Gasteiger partial charge in [0.2, 0.25) is 5.78 Å². The summed E-state index contributed by atoms with van der Waals surface area (Å²) in [5.41, 5.74) is -0.281. The van der Waals surface area contributed by atoms with Gasteiger partial charge in [-0.25, -0.2) is 13.6 Å². The summed E-state index contributed by atoms with van der Waals surface area (Å²) in [6, 6.07) is 1.19. The van der Waals surface area contributed by atoms with Crippen LogP contribution >= 0.6 is 11.3 Å². The highest BCUT2D eigenvalue weighted by molar-refractivity contribution is 7.12. The standard InChI is InChI=1S/C8H6F2O3S/c1-13-8(12)6-4(2-3-14-6)5(11)7(9)10/h2-3,7H,1H3. The Balaban J connectivity index is 3.04. The lowest BCUT2D eigenvalue weighted by Crippen LogP contribution is -2.13. The number of carbonyl (C=O) groups is 2. The highest BCUT2D eigenvalue weighted by Gasteiger charge is 2.25. The van der Waals surface area contributed by atoms with Crippen molar-refractivity contribution in [3.05, 3.63) is 21.9 Å². The highest BCUT2D eigenvalue weighted by Crippen LogP contribution is 2.20. The van der Waals surface area contributed by atoms with Crippen LogP contribution in [0.5, 0.6) is 0 Å². The largest absolute Gasteiger partial charge is 0.465 e. The first-order chi connectivity index (χ1) is 6.57. The number of halogens is 2. The molecular weight excluding hydrogens is 214 g/mol. The predicted molar refractivity (Wildman–Crippen MR) is 46.0 cm³/mol. The minimum Gasteiger partial charge on any atom is -0.465 e. The summed E-state index contributed by atoms with van der Waals surface area (Å²) in [6.45, 7) is 0. The molecule has 0 spiro atoms. The monoisotopic (exact) mass is 220 g/mol. The molecule has 0 radical (unpaired) electrons. The maximum atomic E-state index is 12.0. The summed E-state index contributed by atoms with van der Waals surface area (Å²) in [5, 5.41) is 1.39. The van der Waals surface area contributed by atoms with Crippen LogP contribution in [0.1, 0.15) is 20.0 Å². The van der Waals surface area contributed by atoms with E-state index in [0.29, 0.717) is 0 Å². The van der Waals surface area contributed by atoms with Crippen LogP contribution in [0.2, 0.25) is 0 Å². The van der Waals surface area contributed by atoms with E-state index in [4.69, 9.17) is 0 Å². The number of rotatable bonds is 3. The Hall–Kier alpha value is -1.30. The number of hydrogen-bond acceptors (Lipinski definition) is 4. The number of thiophene rings is 1. The third-order valence-corrected chi connectivity index (χ3v) is 2.39. The normalized spacial score (nSPS) is 10.3. The molecule has 0 unspecified atom stereocenters. The molecule has 0 bridgehead atoms. The second kappa shape index (κ2) is 4.28. The minimum absolute atomic E-state index is 0.0854. The zero-order chi connectivity index (χ0) is 10.7. The molecule has 1 aromatic rings. The number of Topliss-reactive ketones (excluding diaryl/α,β-unsaturated/α-hetero) is 1. The first kappa shape index (κ1) is 10.8. The predicted octanol–water partition coefficient (Wildman–Crippen LogP) is 1.98.